The first-order valence-electron chi connectivity index (χ1n) is 8.60. The molecule has 4 rings (SSSR count). The van der Waals surface area contributed by atoms with E-state index < -0.39 is 5.54 Å². The fraction of sp³-hybridized carbons (Fsp3) is 0.421. The average Bonchev–Trinajstić information content (AvgIpc) is 3.28. The number of hydrogen-bond donors (Lipinski definition) is 2. The second-order valence-electron chi connectivity index (χ2n) is 6.71. The number of carbonyl (C=O) groups is 1. The molecule has 1 aromatic carbocycles. The predicted molar refractivity (Wildman–Crippen MR) is 97.2 cm³/mol. The van der Waals surface area contributed by atoms with Crippen LogP contribution in [0.4, 0.5) is 0 Å². The first-order chi connectivity index (χ1) is 11.8. The van der Waals surface area contributed by atoms with Gasteiger partial charge in [0, 0.05) is 45.6 Å². The molecule has 0 radical (unpaired) electrons. The van der Waals surface area contributed by atoms with Gasteiger partial charge in [0.2, 0.25) is 5.91 Å². The molecule has 126 valence electrons. The summed E-state index contributed by atoms with van der Waals surface area (Å²) in [6.07, 6.45) is 1.64. The fourth-order valence-electron chi connectivity index (χ4n) is 3.96. The van der Waals surface area contributed by atoms with E-state index in [2.05, 4.69) is 56.6 Å². The molecule has 1 saturated heterocycles. The van der Waals surface area contributed by atoms with E-state index in [1.165, 1.54) is 16.7 Å². The molecule has 1 aromatic heterocycles. The minimum atomic E-state index is -0.429. The van der Waals surface area contributed by atoms with Gasteiger partial charge in [-0.15, -0.1) is 0 Å². The third-order valence-corrected chi connectivity index (χ3v) is 5.99. The van der Waals surface area contributed by atoms with E-state index in [1.807, 2.05) is 0 Å². The lowest BCUT2D eigenvalue weighted by Gasteiger charge is -2.42. The van der Waals surface area contributed by atoms with Gasteiger partial charge in [-0.25, -0.2) is 0 Å². The largest absolute Gasteiger partial charge is 0.350 e. The van der Waals surface area contributed by atoms with E-state index in [-0.39, 0.29) is 5.91 Å². The molecule has 5 heteroatoms. The summed E-state index contributed by atoms with van der Waals surface area (Å²) in [6.45, 7) is 4.39. The summed E-state index contributed by atoms with van der Waals surface area (Å²) in [7, 11) is 0. The summed E-state index contributed by atoms with van der Waals surface area (Å²) in [5.74, 6) is 0.173. The van der Waals surface area contributed by atoms with Crippen molar-refractivity contribution in [2.24, 2.45) is 0 Å². The van der Waals surface area contributed by atoms with Gasteiger partial charge < -0.3 is 10.6 Å². The van der Waals surface area contributed by atoms with Gasteiger partial charge in [0.25, 0.3) is 0 Å². The normalized spacial score (nSPS) is 19.8. The molecule has 2 N–H and O–H groups in total. The maximum absolute atomic E-state index is 13.3. The Morgan fingerprint density at radius 2 is 1.88 bits per heavy atom. The Morgan fingerprint density at radius 3 is 2.50 bits per heavy atom. The molecule has 2 aromatic rings. The molecule has 0 spiro atoms. The zero-order valence-electron chi connectivity index (χ0n) is 13.8. The third-order valence-electron chi connectivity index (χ3n) is 5.26. The lowest BCUT2D eigenvalue weighted by atomic mass is 9.91. The summed E-state index contributed by atoms with van der Waals surface area (Å²) in [5.41, 5.74) is 3.39. The van der Waals surface area contributed by atoms with Crippen LogP contribution in [0.5, 0.6) is 0 Å². The van der Waals surface area contributed by atoms with Crippen molar-refractivity contribution >= 4 is 17.2 Å². The van der Waals surface area contributed by atoms with Crippen molar-refractivity contribution in [2.45, 2.75) is 24.9 Å². The molecule has 1 fully saturated rings. The summed E-state index contributed by atoms with van der Waals surface area (Å²) in [6, 6.07) is 10.6. The summed E-state index contributed by atoms with van der Waals surface area (Å²) in [5, 5.41) is 10.8. The Morgan fingerprint density at radius 1 is 1.17 bits per heavy atom. The molecule has 0 atom stereocenters. The van der Waals surface area contributed by atoms with Gasteiger partial charge in [0.05, 0.1) is 0 Å². The Bertz CT molecular complexity index is 682. The number of thiophene rings is 1. The smallest absolute Gasteiger partial charge is 0.241 e. The highest BCUT2D eigenvalue weighted by Crippen LogP contribution is 2.35. The molecule has 0 saturated carbocycles. The fourth-order valence-corrected chi connectivity index (χ4v) is 4.62. The number of carbonyl (C=O) groups excluding carboxylic acids is 1. The monoisotopic (exact) mass is 341 g/mol. The average molecular weight is 341 g/mol. The standard InChI is InChI=1S/C19H23N3OS/c23-18(21-13-15-5-10-24-14-15)19(22-8-6-20-7-9-22)11-16-3-1-2-4-17(16)12-19/h1-5,10,14,20H,6-9,11-13H2,(H,21,23). The van der Waals surface area contributed by atoms with Gasteiger partial charge in [-0.3, -0.25) is 9.69 Å². The van der Waals surface area contributed by atoms with Crippen LogP contribution in [0.1, 0.15) is 16.7 Å². The van der Waals surface area contributed by atoms with Crippen molar-refractivity contribution in [1.82, 2.24) is 15.5 Å². The first-order valence-corrected chi connectivity index (χ1v) is 9.54. The molecule has 2 heterocycles. The van der Waals surface area contributed by atoms with Gasteiger partial charge in [0.15, 0.2) is 0 Å². The first kappa shape index (κ1) is 15.8. The Kier molecular flexibility index (Phi) is 4.39. The number of hydrogen-bond acceptors (Lipinski definition) is 4. The molecular formula is C19H23N3OS. The number of rotatable bonds is 4. The lowest BCUT2D eigenvalue weighted by Crippen LogP contribution is -2.63. The molecular weight excluding hydrogens is 318 g/mol. The minimum absolute atomic E-state index is 0.173. The molecule has 1 aliphatic heterocycles. The summed E-state index contributed by atoms with van der Waals surface area (Å²) in [4.78, 5) is 15.7. The van der Waals surface area contributed by atoms with Crippen LogP contribution in [0, 0.1) is 0 Å². The number of nitrogens with zero attached hydrogens (tertiary/aromatic N) is 1. The lowest BCUT2D eigenvalue weighted by molar-refractivity contribution is -0.134. The van der Waals surface area contributed by atoms with Gasteiger partial charge >= 0.3 is 0 Å². The molecule has 0 unspecified atom stereocenters. The molecule has 24 heavy (non-hydrogen) atoms. The molecule has 1 amide bonds. The molecule has 0 bridgehead atoms. The molecule has 1 aliphatic carbocycles. The highest BCUT2D eigenvalue weighted by molar-refractivity contribution is 7.07. The quantitative estimate of drug-likeness (QED) is 0.891. The van der Waals surface area contributed by atoms with Crippen LogP contribution in [0.3, 0.4) is 0 Å². The summed E-state index contributed by atoms with van der Waals surface area (Å²) < 4.78 is 0. The van der Waals surface area contributed by atoms with Crippen molar-refractivity contribution in [3.8, 4) is 0 Å². The Hall–Kier alpha value is -1.69. The van der Waals surface area contributed by atoms with Gasteiger partial charge in [-0.1, -0.05) is 24.3 Å². The van der Waals surface area contributed by atoms with Crippen LogP contribution >= 0.6 is 11.3 Å². The summed E-state index contributed by atoms with van der Waals surface area (Å²) >= 11 is 1.67. The van der Waals surface area contributed by atoms with E-state index in [4.69, 9.17) is 0 Å². The number of fused-ring (bicyclic) bond motifs is 1. The Balaban J connectivity index is 1.58. The van der Waals surface area contributed by atoms with Gasteiger partial charge in [0.1, 0.15) is 5.54 Å². The zero-order chi connectivity index (χ0) is 16.4. The predicted octanol–water partition coefficient (Wildman–Crippen LogP) is 1.81. The SMILES string of the molecule is O=C(NCc1ccsc1)C1(N2CCNCC2)Cc2ccccc2C1. The van der Waals surface area contributed by atoms with Crippen molar-refractivity contribution in [3.63, 3.8) is 0 Å². The second-order valence-corrected chi connectivity index (χ2v) is 7.49. The van der Waals surface area contributed by atoms with Crippen molar-refractivity contribution in [3.05, 3.63) is 57.8 Å². The van der Waals surface area contributed by atoms with E-state index in [1.54, 1.807) is 11.3 Å². The number of nitrogens with one attached hydrogen (secondary N) is 2. The van der Waals surface area contributed by atoms with Crippen LogP contribution in [0.15, 0.2) is 41.1 Å². The zero-order valence-corrected chi connectivity index (χ0v) is 14.6. The van der Waals surface area contributed by atoms with E-state index in [0.29, 0.717) is 6.54 Å². The molecule has 2 aliphatic rings. The van der Waals surface area contributed by atoms with Crippen LogP contribution in [-0.2, 0) is 24.2 Å². The number of benzene rings is 1. The Labute approximate surface area is 146 Å². The van der Waals surface area contributed by atoms with Crippen LogP contribution in [0.2, 0.25) is 0 Å². The highest BCUT2D eigenvalue weighted by Gasteiger charge is 2.48. The molecule has 4 nitrogen and oxygen atoms in total. The maximum Gasteiger partial charge on any atom is 0.241 e. The van der Waals surface area contributed by atoms with Crippen molar-refractivity contribution in [2.75, 3.05) is 26.2 Å². The van der Waals surface area contributed by atoms with Gasteiger partial charge in [-0.05, 0) is 33.5 Å². The number of amides is 1. The highest BCUT2D eigenvalue weighted by atomic mass is 32.1. The van der Waals surface area contributed by atoms with Crippen LogP contribution in [-0.4, -0.2) is 42.5 Å². The van der Waals surface area contributed by atoms with Crippen molar-refractivity contribution < 1.29 is 4.79 Å². The maximum atomic E-state index is 13.3. The van der Waals surface area contributed by atoms with E-state index in [9.17, 15) is 4.79 Å². The van der Waals surface area contributed by atoms with Crippen LogP contribution < -0.4 is 10.6 Å². The van der Waals surface area contributed by atoms with E-state index in [0.717, 1.165) is 39.0 Å². The number of piperazine rings is 1. The van der Waals surface area contributed by atoms with Crippen molar-refractivity contribution in [1.29, 1.82) is 0 Å². The third kappa shape index (κ3) is 2.88. The van der Waals surface area contributed by atoms with Gasteiger partial charge in [-0.2, -0.15) is 11.3 Å². The van der Waals surface area contributed by atoms with Crippen LogP contribution in [0.25, 0.3) is 0 Å². The van der Waals surface area contributed by atoms with E-state index >= 15 is 0 Å². The topological polar surface area (TPSA) is 44.4 Å². The minimum Gasteiger partial charge on any atom is -0.350 e. The second kappa shape index (κ2) is 6.67.